The second kappa shape index (κ2) is 9.18. The molecule has 162 valence electrons. The van der Waals surface area contributed by atoms with E-state index in [-0.39, 0.29) is 5.91 Å². The van der Waals surface area contributed by atoms with E-state index in [1.54, 1.807) is 24.3 Å². The standard InChI is InChI=1S/C27H19ClN2O3/c28-20-8-6-18(7-9-20)16-27-30-23-17-21(10-13-25(23)33-27)29-26(31)15-12-22-11-14-24(32-22)19-4-2-1-3-5-19/h1-15,17H,16H2,(H,29,31)/b15-12+. The lowest BCUT2D eigenvalue weighted by molar-refractivity contribution is -0.111. The number of nitrogens with one attached hydrogen (secondary N) is 1. The summed E-state index contributed by atoms with van der Waals surface area (Å²) in [6.07, 6.45) is 3.64. The molecule has 33 heavy (non-hydrogen) atoms. The molecule has 0 aliphatic carbocycles. The topological polar surface area (TPSA) is 68.3 Å². The molecule has 0 atom stereocenters. The molecule has 5 rings (SSSR count). The number of fused-ring (bicyclic) bond motifs is 1. The summed E-state index contributed by atoms with van der Waals surface area (Å²) in [6, 6.07) is 26.4. The minimum Gasteiger partial charge on any atom is -0.457 e. The van der Waals surface area contributed by atoms with Gasteiger partial charge in [-0.15, -0.1) is 0 Å². The van der Waals surface area contributed by atoms with Crippen LogP contribution in [0.4, 0.5) is 5.69 Å². The van der Waals surface area contributed by atoms with Gasteiger partial charge < -0.3 is 14.2 Å². The van der Waals surface area contributed by atoms with E-state index < -0.39 is 0 Å². The lowest BCUT2D eigenvalue weighted by atomic mass is 10.1. The number of carbonyl (C=O) groups excluding carboxylic acids is 1. The molecule has 0 unspecified atom stereocenters. The van der Waals surface area contributed by atoms with Crippen molar-refractivity contribution < 1.29 is 13.6 Å². The third kappa shape index (κ3) is 5.05. The highest BCUT2D eigenvalue weighted by Gasteiger charge is 2.09. The second-order valence-corrected chi connectivity index (χ2v) is 7.92. The molecule has 0 aliphatic heterocycles. The van der Waals surface area contributed by atoms with Crippen molar-refractivity contribution in [3.8, 4) is 11.3 Å². The molecule has 2 aromatic heterocycles. The van der Waals surface area contributed by atoms with Crippen LogP contribution in [0.3, 0.4) is 0 Å². The minimum atomic E-state index is -0.267. The highest BCUT2D eigenvalue weighted by Crippen LogP contribution is 2.24. The van der Waals surface area contributed by atoms with Crippen LogP contribution in [0.25, 0.3) is 28.5 Å². The third-order valence-corrected chi connectivity index (χ3v) is 5.30. The number of halogens is 1. The van der Waals surface area contributed by atoms with Crippen LogP contribution in [0.5, 0.6) is 0 Å². The van der Waals surface area contributed by atoms with Gasteiger partial charge in [-0.25, -0.2) is 4.98 Å². The normalized spacial score (nSPS) is 11.3. The van der Waals surface area contributed by atoms with Crippen LogP contribution in [0.1, 0.15) is 17.2 Å². The molecule has 0 saturated heterocycles. The van der Waals surface area contributed by atoms with Gasteiger partial charge in [-0.05, 0) is 54.1 Å². The molecule has 5 aromatic rings. The summed E-state index contributed by atoms with van der Waals surface area (Å²) < 4.78 is 11.6. The molecular formula is C27H19ClN2O3. The molecule has 1 N–H and O–H groups in total. The predicted molar refractivity (Wildman–Crippen MR) is 130 cm³/mol. The van der Waals surface area contributed by atoms with Crippen molar-refractivity contribution in [1.82, 2.24) is 4.98 Å². The van der Waals surface area contributed by atoms with E-state index in [0.29, 0.717) is 39.9 Å². The number of hydrogen-bond donors (Lipinski definition) is 1. The van der Waals surface area contributed by atoms with E-state index in [4.69, 9.17) is 20.4 Å². The van der Waals surface area contributed by atoms with Crippen LogP contribution >= 0.6 is 11.6 Å². The predicted octanol–water partition coefficient (Wildman–Crippen LogP) is 6.98. The largest absolute Gasteiger partial charge is 0.457 e. The van der Waals surface area contributed by atoms with E-state index in [2.05, 4.69) is 10.3 Å². The number of carbonyl (C=O) groups is 1. The van der Waals surface area contributed by atoms with Crippen molar-refractivity contribution >= 4 is 40.4 Å². The fourth-order valence-electron chi connectivity index (χ4n) is 3.45. The molecule has 6 heteroatoms. The van der Waals surface area contributed by atoms with E-state index in [1.807, 2.05) is 66.7 Å². The summed E-state index contributed by atoms with van der Waals surface area (Å²) in [5.41, 5.74) is 4.01. The first-order valence-corrected chi connectivity index (χ1v) is 10.8. The number of amides is 1. The Morgan fingerprint density at radius 3 is 2.58 bits per heavy atom. The van der Waals surface area contributed by atoms with Crippen molar-refractivity contribution in [3.05, 3.63) is 113 Å². The van der Waals surface area contributed by atoms with Gasteiger partial charge in [0.1, 0.15) is 17.0 Å². The van der Waals surface area contributed by atoms with Gasteiger partial charge in [0.15, 0.2) is 11.5 Å². The van der Waals surface area contributed by atoms with Crippen LogP contribution in [-0.4, -0.2) is 10.9 Å². The fraction of sp³-hybridized carbons (Fsp3) is 0.0370. The summed E-state index contributed by atoms with van der Waals surface area (Å²) in [6.45, 7) is 0. The third-order valence-electron chi connectivity index (χ3n) is 5.05. The summed E-state index contributed by atoms with van der Waals surface area (Å²) in [4.78, 5) is 16.9. The Bertz CT molecular complexity index is 1430. The number of rotatable bonds is 6. The number of furan rings is 1. The zero-order valence-electron chi connectivity index (χ0n) is 17.5. The van der Waals surface area contributed by atoms with Crippen molar-refractivity contribution in [2.75, 3.05) is 5.32 Å². The van der Waals surface area contributed by atoms with Crippen molar-refractivity contribution in [2.24, 2.45) is 0 Å². The van der Waals surface area contributed by atoms with E-state index in [1.165, 1.54) is 6.08 Å². The number of benzene rings is 3. The molecule has 0 aliphatic rings. The molecule has 0 saturated carbocycles. The highest BCUT2D eigenvalue weighted by molar-refractivity contribution is 6.30. The first-order valence-electron chi connectivity index (χ1n) is 10.4. The molecule has 0 fully saturated rings. The van der Waals surface area contributed by atoms with Crippen LogP contribution in [0.15, 0.2) is 99.8 Å². The highest BCUT2D eigenvalue weighted by atomic mass is 35.5. The van der Waals surface area contributed by atoms with E-state index in [9.17, 15) is 4.79 Å². The molecule has 2 heterocycles. The Hall–Kier alpha value is -4.09. The van der Waals surface area contributed by atoms with Crippen molar-refractivity contribution in [3.63, 3.8) is 0 Å². The SMILES string of the molecule is O=C(/C=C/c1ccc(-c2ccccc2)o1)Nc1ccc2oc(Cc3ccc(Cl)cc3)nc2c1. The summed E-state index contributed by atoms with van der Waals surface area (Å²) in [7, 11) is 0. The van der Waals surface area contributed by atoms with Crippen LogP contribution in [-0.2, 0) is 11.2 Å². The molecule has 5 nitrogen and oxygen atoms in total. The number of aromatic nitrogens is 1. The van der Waals surface area contributed by atoms with Gasteiger partial charge in [-0.3, -0.25) is 4.79 Å². The fourth-order valence-corrected chi connectivity index (χ4v) is 3.57. The number of hydrogen-bond acceptors (Lipinski definition) is 4. The Morgan fingerprint density at radius 1 is 0.939 bits per heavy atom. The lowest BCUT2D eigenvalue weighted by Gasteiger charge is -2.00. The van der Waals surface area contributed by atoms with Crippen LogP contribution in [0, 0.1) is 0 Å². The van der Waals surface area contributed by atoms with E-state index in [0.717, 1.165) is 16.9 Å². The molecule has 0 bridgehead atoms. The summed E-state index contributed by atoms with van der Waals surface area (Å²) >= 11 is 5.94. The Balaban J connectivity index is 1.24. The van der Waals surface area contributed by atoms with Gasteiger partial charge in [-0.1, -0.05) is 54.1 Å². The maximum Gasteiger partial charge on any atom is 0.248 e. The van der Waals surface area contributed by atoms with Gasteiger partial charge in [0, 0.05) is 28.8 Å². The number of nitrogens with zero attached hydrogens (tertiary/aromatic N) is 1. The first-order chi connectivity index (χ1) is 16.1. The molecule has 0 spiro atoms. The minimum absolute atomic E-state index is 0.267. The van der Waals surface area contributed by atoms with Crippen LogP contribution in [0.2, 0.25) is 5.02 Å². The molecule has 0 radical (unpaired) electrons. The average molecular weight is 455 g/mol. The first kappa shape index (κ1) is 20.8. The Morgan fingerprint density at radius 2 is 1.76 bits per heavy atom. The Kier molecular flexibility index (Phi) is 5.79. The second-order valence-electron chi connectivity index (χ2n) is 7.48. The number of anilines is 1. The summed E-state index contributed by atoms with van der Waals surface area (Å²) in [5.74, 6) is 1.68. The van der Waals surface area contributed by atoms with Gasteiger partial charge >= 0.3 is 0 Å². The Labute approximate surface area is 195 Å². The monoisotopic (exact) mass is 454 g/mol. The van der Waals surface area contributed by atoms with Gasteiger partial charge in [0.2, 0.25) is 5.91 Å². The average Bonchev–Trinajstić information content (AvgIpc) is 3.46. The zero-order valence-corrected chi connectivity index (χ0v) is 18.3. The van der Waals surface area contributed by atoms with E-state index >= 15 is 0 Å². The maximum absolute atomic E-state index is 12.4. The maximum atomic E-state index is 12.4. The molecule has 3 aromatic carbocycles. The van der Waals surface area contributed by atoms with Crippen LogP contribution < -0.4 is 5.32 Å². The van der Waals surface area contributed by atoms with Gasteiger partial charge in [0.05, 0.1) is 0 Å². The van der Waals surface area contributed by atoms with Crippen molar-refractivity contribution in [1.29, 1.82) is 0 Å². The van der Waals surface area contributed by atoms with Gasteiger partial charge in [-0.2, -0.15) is 0 Å². The van der Waals surface area contributed by atoms with Crippen molar-refractivity contribution in [2.45, 2.75) is 6.42 Å². The number of oxazole rings is 1. The molecular weight excluding hydrogens is 436 g/mol. The molecule has 1 amide bonds. The lowest BCUT2D eigenvalue weighted by Crippen LogP contribution is -2.07. The van der Waals surface area contributed by atoms with Gasteiger partial charge in [0.25, 0.3) is 0 Å². The quantitative estimate of drug-likeness (QED) is 0.281. The smallest absolute Gasteiger partial charge is 0.248 e. The zero-order chi connectivity index (χ0) is 22.6. The summed E-state index contributed by atoms with van der Waals surface area (Å²) in [5, 5.41) is 3.53.